The SMILES string of the molecule is CCN(C/C(N)=N/O)C(=O)c1cc(C)cc(Cl)c1. The van der Waals surface area contributed by atoms with Gasteiger partial charge in [-0.25, -0.2) is 0 Å². The molecule has 98 valence electrons. The molecular formula is C12H16ClN3O2. The van der Waals surface area contributed by atoms with Crippen LogP contribution in [0.1, 0.15) is 22.8 Å². The molecule has 0 aromatic heterocycles. The third kappa shape index (κ3) is 3.63. The molecule has 0 aliphatic rings. The van der Waals surface area contributed by atoms with Gasteiger partial charge in [0.15, 0.2) is 5.84 Å². The molecule has 1 aromatic rings. The molecule has 0 atom stereocenters. The smallest absolute Gasteiger partial charge is 0.254 e. The Morgan fingerprint density at radius 1 is 1.50 bits per heavy atom. The van der Waals surface area contributed by atoms with Gasteiger partial charge in [-0.15, -0.1) is 0 Å². The Bertz CT molecular complexity index is 454. The number of carbonyl (C=O) groups is 1. The van der Waals surface area contributed by atoms with Crippen LogP contribution in [0, 0.1) is 6.92 Å². The highest BCUT2D eigenvalue weighted by atomic mass is 35.5. The largest absolute Gasteiger partial charge is 0.409 e. The van der Waals surface area contributed by atoms with Gasteiger partial charge >= 0.3 is 0 Å². The molecule has 0 unspecified atom stereocenters. The molecule has 6 heteroatoms. The molecule has 5 nitrogen and oxygen atoms in total. The molecule has 0 radical (unpaired) electrons. The second-order valence-corrected chi connectivity index (χ2v) is 4.36. The summed E-state index contributed by atoms with van der Waals surface area (Å²) >= 11 is 5.92. The number of amidine groups is 1. The Hall–Kier alpha value is -1.75. The zero-order valence-electron chi connectivity index (χ0n) is 10.4. The lowest BCUT2D eigenvalue weighted by molar-refractivity contribution is 0.0786. The number of rotatable bonds is 4. The van der Waals surface area contributed by atoms with Crippen LogP contribution in [0.2, 0.25) is 5.02 Å². The van der Waals surface area contributed by atoms with Crippen molar-refractivity contribution in [3.8, 4) is 0 Å². The Labute approximate surface area is 111 Å². The van der Waals surface area contributed by atoms with E-state index in [1.807, 2.05) is 13.8 Å². The highest BCUT2D eigenvalue weighted by molar-refractivity contribution is 6.31. The Kier molecular flexibility index (Phi) is 4.97. The van der Waals surface area contributed by atoms with Crippen molar-refractivity contribution in [2.45, 2.75) is 13.8 Å². The van der Waals surface area contributed by atoms with Crippen molar-refractivity contribution in [3.05, 3.63) is 34.3 Å². The van der Waals surface area contributed by atoms with Crippen LogP contribution in [0.5, 0.6) is 0 Å². The summed E-state index contributed by atoms with van der Waals surface area (Å²) < 4.78 is 0. The van der Waals surface area contributed by atoms with Gasteiger partial charge in [0.1, 0.15) is 0 Å². The van der Waals surface area contributed by atoms with Crippen LogP contribution in [0.25, 0.3) is 0 Å². The van der Waals surface area contributed by atoms with E-state index in [-0.39, 0.29) is 18.3 Å². The Morgan fingerprint density at radius 2 is 2.17 bits per heavy atom. The number of hydrogen-bond acceptors (Lipinski definition) is 3. The first kappa shape index (κ1) is 14.3. The van der Waals surface area contributed by atoms with Crippen LogP contribution < -0.4 is 5.73 Å². The molecule has 0 bridgehead atoms. The lowest BCUT2D eigenvalue weighted by atomic mass is 10.1. The lowest BCUT2D eigenvalue weighted by Gasteiger charge is -2.20. The quantitative estimate of drug-likeness (QED) is 0.379. The van der Waals surface area contributed by atoms with Gasteiger partial charge in [-0.3, -0.25) is 4.79 Å². The topological polar surface area (TPSA) is 78.9 Å². The fraction of sp³-hybridized carbons (Fsp3) is 0.333. The van der Waals surface area contributed by atoms with Crippen molar-refractivity contribution < 1.29 is 10.0 Å². The number of halogens is 1. The highest BCUT2D eigenvalue weighted by Gasteiger charge is 2.16. The number of amides is 1. The van der Waals surface area contributed by atoms with Crippen molar-refractivity contribution in [1.29, 1.82) is 0 Å². The summed E-state index contributed by atoms with van der Waals surface area (Å²) in [5.74, 6) is -0.210. The molecule has 0 heterocycles. The van der Waals surface area contributed by atoms with E-state index in [4.69, 9.17) is 22.5 Å². The first-order chi connectivity index (χ1) is 8.47. The number of nitrogens with zero attached hydrogens (tertiary/aromatic N) is 2. The van der Waals surface area contributed by atoms with Gasteiger partial charge in [-0.2, -0.15) is 0 Å². The number of likely N-dealkylation sites (N-methyl/N-ethyl adjacent to an activating group) is 1. The molecule has 0 fully saturated rings. The van der Waals surface area contributed by atoms with Crippen LogP contribution in [-0.2, 0) is 0 Å². The van der Waals surface area contributed by atoms with Gasteiger partial charge in [-0.05, 0) is 37.6 Å². The zero-order valence-corrected chi connectivity index (χ0v) is 11.1. The van der Waals surface area contributed by atoms with Crippen molar-refractivity contribution in [2.75, 3.05) is 13.1 Å². The molecule has 18 heavy (non-hydrogen) atoms. The number of hydrogen-bond donors (Lipinski definition) is 2. The van der Waals surface area contributed by atoms with Gasteiger partial charge < -0.3 is 15.8 Å². The number of oxime groups is 1. The van der Waals surface area contributed by atoms with E-state index in [2.05, 4.69) is 5.16 Å². The van der Waals surface area contributed by atoms with E-state index in [9.17, 15) is 4.79 Å². The van der Waals surface area contributed by atoms with E-state index in [1.54, 1.807) is 18.2 Å². The van der Waals surface area contributed by atoms with Crippen LogP contribution in [0.4, 0.5) is 0 Å². The minimum Gasteiger partial charge on any atom is -0.409 e. The van der Waals surface area contributed by atoms with Crippen LogP contribution in [0.3, 0.4) is 0 Å². The van der Waals surface area contributed by atoms with Gasteiger partial charge in [-0.1, -0.05) is 16.8 Å². The molecule has 0 saturated heterocycles. The summed E-state index contributed by atoms with van der Waals surface area (Å²) in [5, 5.41) is 11.9. The fourth-order valence-electron chi connectivity index (χ4n) is 1.60. The maximum atomic E-state index is 12.2. The average Bonchev–Trinajstić information content (AvgIpc) is 2.33. The molecule has 1 rings (SSSR count). The predicted molar refractivity (Wildman–Crippen MR) is 71.2 cm³/mol. The summed E-state index contributed by atoms with van der Waals surface area (Å²) in [7, 11) is 0. The number of carbonyl (C=O) groups excluding carboxylic acids is 1. The predicted octanol–water partition coefficient (Wildman–Crippen LogP) is 1.86. The lowest BCUT2D eigenvalue weighted by Crippen LogP contribution is -2.38. The van der Waals surface area contributed by atoms with Gasteiger partial charge in [0.05, 0.1) is 6.54 Å². The zero-order chi connectivity index (χ0) is 13.7. The van der Waals surface area contributed by atoms with Crippen LogP contribution in [0.15, 0.2) is 23.4 Å². The molecule has 0 spiro atoms. The first-order valence-electron chi connectivity index (χ1n) is 5.50. The van der Waals surface area contributed by atoms with Crippen molar-refractivity contribution >= 4 is 23.3 Å². The first-order valence-corrected chi connectivity index (χ1v) is 5.88. The van der Waals surface area contributed by atoms with E-state index >= 15 is 0 Å². The van der Waals surface area contributed by atoms with E-state index < -0.39 is 0 Å². The second kappa shape index (κ2) is 6.26. The third-order valence-corrected chi connectivity index (χ3v) is 2.66. The number of aryl methyl sites for hydroxylation is 1. The van der Waals surface area contributed by atoms with E-state index in [0.29, 0.717) is 17.1 Å². The number of nitrogens with two attached hydrogens (primary N) is 1. The van der Waals surface area contributed by atoms with Crippen molar-refractivity contribution in [3.63, 3.8) is 0 Å². The molecule has 1 amide bonds. The standard InChI is InChI=1S/C12H16ClN3O2/c1-3-16(7-11(14)15-18)12(17)9-4-8(2)5-10(13)6-9/h4-6,18H,3,7H2,1-2H3,(H2,14,15). The molecule has 0 saturated carbocycles. The van der Waals surface area contributed by atoms with Crippen LogP contribution in [-0.4, -0.2) is 34.9 Å². The minimum atomic E-state index is -0.199. The molecular weight excluding hydrogens is 254 g/mol. The van der Waals surface area contributed by atoms with E-state index in [1.165, 1.54) is 4.90 Å². The van der Waals surface area contributed by atoms with Crippen molar-refractivity contribution in [1.82, 2.24) is 4.90 Å². The molecule has 0 aliphatic heterocycles. The summed E-state index contributed by atoms with van der Waals surface area (Å²) in [6.07, 6.45) is 0. The highest BCUT2D eigenvalue weighted by Crippen LogP contribution is 2.16. The molecule has 1 aromatic carbocycles. The summed E-state index contributed by atoms with van der Waals surface area (Å²) in [4.78, 5) is 13.7. The maximum absolute atomic E-state index is 12.2. The Morgan fingerprint density at radius 3 is 2.67 bits per heavy atom. The molecule has 3 N–H and O–H groups in total. The summed E-state index contributed by atoms with van der Waals surface area (Å²) in [6, 6.07) is 5.13. The molecule has 0 aliphatic carbocycles. The van der Waals surface area contributed by atoms with E-state index in [0.717, 1.165) is 5.56 Å². The fourth-order valence-corrected chi connectivity index (χ4v) is 1.89. The normalized spacial score (nSPS) is 11.4. The van der Waals surface area contributed by atoms with Gasteiger partial charge in [0, 0.05) is 17.1 Å². The monoisotopic (exact) mass is 269 g/mol. The average molecular weight is 270 g/mol. The maximum Gasteiger partial charge on any atom is 0.254 e. The third-order valence-electron chi connectivity index (χ3n) is 2.44. The minimum absolute atomic E-state index is 0.0102. The van der Waals surface area contributed by atoms with Gasteiger partial charge in [0.2, 0.25) is 0 Å². The number of benzene rings is 1. The van der Waals surface area contributed by atoms with Gasteiger partial charge in [0.25, 0.3) is 5.91 Å². The van der Waals surface area contributed by atoms with Crippen molar-refractivity contribution in [2.24, 2.45) is 10.9 Å². The van der Waals surface area contributed by atoms with Crippen LogP contribution >= 0.6 is 11.6 Å². The summed E-state index contributed by atoms with van der Waals surface area (Å²) in [5.41, 5.74) is 6.81. The summed E-state index contributed by atoms with van der Waals surface area (Å²) in [6.45, 7) is 4.22. The second-order valence-electron chi connectivity index (χ2n) is 3.93. The Balaban J connectivity index is 2.96.